The fourth-order valence-corrected chi connectivity index (χ4v) is 4.31. The predicted molar refractivity (Wildman–Crippen MR) is 110 cm³/mol. The average Bonchev–Trinajstić information content (AvgIpc) is 3.27. The van der Waals surface area contributed by atoms with Gasteiger partial charge < -0.3 is 15.5 Å². The van der Waals surface area contributed by atoms with E-state index in [1.54, 1.807) is 12.1 Å². The summed E-state index contributed by atoms with van der Waals surface area (Å²) in [5, 5.41) is 6.00. The second kappa shape index (κ2) is 8.90. The summed E-state index contributed by atoms with van der Waals surface area (Å²) in [6.45, 7) is 1.85. The molecule has 2 N–H and O–H groups in total. The standard InChI is InChI=1S/C23H23F4N3O2/c24-18-11-14(6-7-17(18)23(25,26)27)12-21(31)29-19-4-1-3-15-13-30(10-8-16(15)19)22(32)20-5-2-9-28-20/h1,3-4,6-7,11,20,28H,2,5,8-10,12-13H2,(H,29,31)/t20-/m1/s1. The molecule has 1 atom stereocenters. The number of benzene rings is 2. The Morgan fingerprint density at radius 2 is 2.00 bits per heavy atom. The molecule has 2 amide bonds. The Balaban J connectivity index is 1.42. The second-order valence-corrected chi connectivity index (χ2v) is 8.14. The van der Waals surface area contributed by atoms with Gasteiger partial charge in [0, 0.05) is 18.8 Å². The van der Waals surface area contributed by atoms with Crippen molar-refractivity contribution in [3.63, 3.8) is 0 Å². The van der Waals surface area contributed by atoms with Crippen LogP contribution in [0.2, 0.25) is 0 Å². The monoisotopic (exact) mass is 449 g/mol. The summed E-state index contributed by atoms with van der Waals surface area (Å²) in [5.41, 5.74) is 1.28. The Kier molecular flexibility index (Phi) is 6.19. The van der Waals surface area contributed by atoms with Gasteiger partial charge in [-0.2, -0.15) is 13.2 Å². The van der Waals surface area contributed by atoms with Gasteiger partial charge in [-0.05, 0) is 60.7 Å². The summed E-state index contributed by atoms with van der Waals surface area (Å²) in [5.74, 6) is -1.76. The molecular formula is C23H23F4N3O2. The van der Waals surface area contributed by atoms with Crippen LogP contribution in [0, 0.1) is 5.82 Å². The van der Waals surface area contributed by atoms with Gasteiger partial charge in [-0.3, -0.25) is 9.59 Å². The molecule has 2 heterocycles. The predicted octanol–water partition coefficient (Wildman–Crippen LogP) is 3.66. The summed E-state index contributed by atoms with van der Waals surface area (Å²) in [4.78, 5) is 27.0. The van der Waals surface area contributed by atoms with Crippen LogP contribution in [-0.4, -0.2) is 35.8 Å². The van der Waals surface area contributed by atoms with Gasteiger partial charge in [-0.1, -0.05) is 18.2 Å². The first kappa shape index (κ1) is 22.3. The van der Waals surface area contributed by atoms with Crippen LogP contribution >= 0.6 is 0 Å². The highest BCUT2D eigenvalue weighted by Crippen LogP contribution is 2.32. The third-order valence-electron chi connectivity index (χ3n) is 5.91. The third kappa shape index (κ3) is 4.77. The third-order valence-corrected chi connectivity index (χ3v) is 5.91. The van der Waals surface area contributed by atoms with Crippen molar-refractivity contribution in [2.24, 2.45) is 0 Å². The maximum Gasteiger partial charge on any atom is 0.419 e. The maximum absolute atomic E-state index is 13.8. The Morgan fingerprint density at radius 1 is 1.19 bits per heavy atom. The molecule has 1 saturated heterocycles. The van der Waals surface area contributed by atoms with Crippen molar-refractivity contribution in [3.8, 4) is 0 Å². The van der Waals surface area contributed by atoms with Crippen LogP contribution in [0.5, 0.6) is 0 Å². The number of carbonyl (C=O) groups excluding carboxylic acids is 2. The smallest absolute Gasteiger partial charge is 0.337 e. The summed E-state index contributed by atoms with van der Waals surface area (Å²) in [7, 11) is 0. The molecule has 2 aromatic carbocycles. The van der Waals surface area contributed by atoms with Crippen molar-refractivity contribution in [1.82, 2.24) is 10.2 Å². The van der Waals surface area contributed by atoms with Gasteiger partial charge in [0.05, 0.1) is 18.0 Å². The quantitative estimate of drug-likeness (QED) is 0.701. The molecule has 0 unspecified atom stereocenters. The van der Waals surface area contributed by atoms with Crippen molar-refractivity contribution >= 4 is 17.5 Å². The Hall–Kier alpha value is -2.94. The highest BCUT2D eigenvalue weighted by atomic mass is 19.4. The van der Waals surface area contributed by atoms with Crippen LogP contribution in [0.3, 0.4) is 0 Å². The zero-order valence-electron chi connectivity index (χ0n) is 17.3. The van der Waals surface area contributed by atoms with Crippen molar-refractivity contribution in [2.75, 3.05) is 18.4 Å². The van der Waals surface area contributed by atoms with E-state index in [9.17, 15) is 27.2 Å². The molecule has 5 nitrogen and oxygen atoms in total. The van der Waals surface area contributed by atoms with Crippen LogP contribution in [0.15, 0.2) is 36.4 Å². The van der Waals surface area contributed by atoms with Crippen molar-refractivity contribution < 1.29 is 27.2 Å². The highest BCUT2D eigenvalue weighted by molar-refractivity contribution is 5.93. The van der Waals surface area contributed by atoms with E-state index >= 15 is 0 Å². The molecule has 0 bridgehead atoms. The number of nitrogens with zero attached hydrogens (tertiary/aromatic N) is 1. The Morgan fingerprint density at radius 3 is 2.69 bits per heavy atom. The molecule has 4 rings (SSSR count). The lowest BCUT2D eigenvalue weighted by Crippen LogP contribution is -2.45. The summed E-state index contributed by atoms with van der Waals surface area (Å²) >= 11 is 0. The Bertz CT molecular complexity index is 1030. The maximum atomic E-state index is 13.8. The second-order valence-electron chi connectivity index (χ2n) is 8.14. The molecule has 2 aliphatic heterocycles. The lowest BCUT2D eigenvalue weighted by molar-refractivity contribution is -0.140. The zero-order chi connectivity index (χ0) is 22.9. The SMILES string of the molecule is O=C(Cc1ccc(C(F)(F)F)c(F)c1)Nc1cccc2c1CCN(C(=O)[C@H]1CCCN1)C2. The molecule has 2 aromatic rings. The first-order valence-electron chi connectivity index (χ1n) is 10.5. The van der Waals surface area contributed by atoms with Crippen LogP contribution in [0.4, 0.5) is 23.2 Å². The van der Waals surface area contributed by atoms with Crippen molar-refractivity contribution in [1.29, 1.82) is 0 Å². The van der Waals surface area contributed by atoms with E-state index in [-0.39, 0.29) is 23.9 Å². The molecule has 0 spiro atoms. The molecule has 0 aliphatic carbocycles. The molecule has 0 radical (unpaired) electrons. The summed E-state index contributed by atoms with van der Waals surface area (Å²) < 4.78 is 51.9. The van der Waals surface area contributed by atoms with Crippen molar-refractivity contribution in [3.05, 3.63) is 64.5 Å². The van der Waals surface area contributed by atoms with E-state index in [0.29, 0.717) is 31.3 Å². The summed E-state index contributed by atoms with van der Waals surface area (Å²) in [6.07, 6.45) is -2.63. The van der Waals surface area contributed by atoms with Gasteiger partial charge in [0.25, 0.3) is 0 Å². The van der Waals surface area contributed by atoms with Crippen molar-refractivity contribution in [2.45, 2.75) is 44.4 Å². The minimum absolute atomic E-state index is 0.0897. The van der Waals surface area contributed by atoms with Gasteiger partial charge >= 0.3 is 6.18 Å². The van der Waals surface area contributed by atoms with E-state index in [1.165, 1.54) is 0 Å². The lowest BCUT2D eigenvalue weighted by atomic mass is 9.97. The molecule has 170 valence electrons. The van der Waals surface area contributed by atoms with Crippen LogP contribution in [0.1, 0.15) is 35.1 Å². The molecule has 32 heavy (non-hydrogen) atoms. The Labute approximate surface area is 182 Å². The van der Waals surface area contributed by atoms with E-state index in [1.807, 2.05) is 11.0 Å². The first-order valence-corrected chi connectivity index (χ1v) is 10.5. The summed E-state index contributed by atoms with van der Waals surface area (Å²) in [6, 6.07) is 7.80. The molecular weight excluding hydrogens is 426 g/mol. The van der Waals surface area contributed by atoms with E-state index in [0.717, 1.165) is 42.6 Å². The number of hydrogen-bond donors (Lipinski definition) is 2. The van der Waals surface area contributed by atoms with E-state index in [2.05, 4.69) is 10.6 Å². The number of rotatable bonds is 4. The van der Waals surface area contributed by atoms with Gasteiger partial charge in [0.2, 0.25) is 11.8 Å². The number of nitrogens with one attached hydrogen (secondary N) is 2. The largest absolute Gasteiger partial charge is 0.419 e. The number of halogens is 4. The number of hydrogen-bond acceptors (Lipinski definition) is 3. The molecule has 0 aromatic heterocycles. The highest BCUT2D eigenvalue weighted by Gasteiger charge is 2.34. The number of carbonyl (C=O) groups is 2. The fourth-order valence-electron chi connectivity index (χ4n) is 4.31. The van der Waals surface area contributed by atoms with Crippen LogP contribution in [0.25, 0.3) is 0 Å². The van der Waals surface area contributed by atoms with Gasteiger partial charge in [0.15, 0.2) is 0 Å². The lowest BCUT2D eigenvalue weighted by Gasteiger charge is -2.32. The normalized spacial score (nSPS) is 18.4. The van der Waals surface area contributed by atoms with Gasteiger partial charge in [-0.15, -0.1) is 0 Å². The number of amides is 2. The van der Waals surface area contributed by atoms with Gasteiger partial charge in [0.1, 0.15) is 5.82 Å². The molecule has 1 fully saturated rings. The van der Waals surface area contributed by atoms with E-state index in [4.69, 9.17) is 0 Å². The minimum atomic E-state index is -4.78. The average molecular weight is 449 g/mol. The van der Waals surface area contributed by atoms with Crippen LogP contribution in [-0.2, 0) is 35.2 Å². The zero-order valence-corrected chi connectivity index (χ0v) is 17.3. The first-order chi connectivity index (χ1) is 15.2. The molecule has 0 saturated carbocycles. The molecule has 9 heteroatoms. The minimum Gasteiger partial charge on any atom is -0.337 e. The fraction of sp³-hybridized carbons (Fsp3) is 0.391. The van der Waals surface area contributed by atoms with Crippen LogP contribution < -0.4 is 10.6 Å². The van der Waals surface area contributed by atoms with Gasteiger partial charge in [-0.25, -0.2) is 4.39 Å². The topological polar surface area (TPSA) is 61.4 Å². The number of fused-ring (bicyclic) bond motifs is 1. The molecule has 2 aliphatic rings. The van der Waals surface area contributed by atoms with E-state index < -0.39 is 23.5 Å². The number of alkyl halides is 3. The number of anilines is 1.